The van der Waals surface area contributed by atoms with E-state index in [1.165, 1.54) is 24.1 Å². The van der Waals surface area contributed by atoms with Gasteiger partial charge in [-0.2, -0.15) is 0 Å². The number of carbonyl (C=O) groups is 2. The molecule has 0 bridgehead atoms. The maximum absolute atomic E-state index is 15.0. The minimum atomic E-state index is -4.58. The molecular formula is C26H23ClF4N3O7P. The van der Waals surface area contributed by atoms with Gasteiger partial charge in [0.2, 0.25) is 0 Å². The highest BCUT2D eigenvalue weighted by molar-refractivity contribution is 7.47. The molecule has 2 unspecified atom stereocenters. The molecule has 3 aromatic carbocycles. The van der Waals surface area contributed by atoms with Crippen LogP contribution in [0.5, 0.6) is 5.75 Å². The Morgan fingerprint density at radius 3 is 2.38 bits per heavy atom. The highest BCUT2D eigenvalue weighted by Gasteiger charge is 2.35. The third kappa shape index (κ3) is 6.37. The molecule has 224 valence electrons. The molecule has 2 atom stereocenters. The average molecular weight is 632 g/mol. The van der Waals surface area contributed by atoms with E-state index in [-0.39, 0.29) is 27.6 Å². The summed E-state index contributed by atoms with van der Waals surface area (Å²) in [5.74, 6) is -5.41. The number of hydrogen-bond acceptors (Lipinski definition) is 6. The van der Waals surface area contributed by atoms with Gasteiger partial charge in [0, 0.05) is 49.5 Å². The fourth-order valence-corrected chi connectivity index (χ4v) is 4.65. The molecule has 0 saturated carbocycles. The van der Waals surface area contributed by atoms with E-state index in [0.717, 1.165) is 24.1 Å². The first kappa shape index (κ1) is 31.3. The Morgan fingerprint density at radius 1 is 1.07 bits per heavy atom. The largest absolute Gasteiger partial charge is 0.508 e. The summed E-state index contributed by atoms with van der Waals surface area (Å²) in [6.07, 6.45) is 0. The van der Waals surface area contributed by atoms with Gasteiger partial charge in [-0.25, -0.2) is 26.9 Å². The van der Waals surface area contributed by atoms with E-state index < -0.39 is 67.7 Å². The molecule has 0 aromatic heterocycles. The zero-order valence-electron chi connectivity index (χ0n) is 22.2. The Kier molecular flexibility index (Phi) is 9.14. The Labute approximate surface area is 241 Å². The Bertz CT molecular complexity index is 1590. The number of amides is 3. The van der Waals surface area contributed by atoms with Crippen molar-refractivity contribution in [3.05, 3.63) is 93.0 Å². The van der Waals surface area contributed by atoms with E-state index in [4.69, 9.17) is 16.5 Å². The van der Waals surface area contributed by atoms with Gasteiger partial charge in [0.05, 0.1) is 23.3 Å². The summed E-state index contributed by atoms with van der Waals surface area (Å²) >= 11 is 6.30. The number of anilines is 1. The molecular weight excluding hydrogens is 609 g/mol. The van der Waals surface area contributed by atoms with Crippen molar-refractivity contribution in [3.8, 4) is 5.75 Å². The fourth-order valence-electron chi connectivity index (χ4n) is 4.17. The minimum Gasteiger partial charge on any atom is -0.348 e. The molecule has 1 heterocycles. The van der Waals surface area contributed by atoms with Crippen LogP contribution in [0.4, 0.5) is 28.0 Å². The van der Waals surface area contributed by atoms with Crippen LogP contribution in [0, 0.1) is 23.3 Å². The SMILES string of the molecule is COP(=O)(O)OOc1ccc(F)c(CN2C(=O)N(C)C(C)c3ccc(C(=O)NCc4c(F)cc(F)cc4F)cc32)c1Cl. The zero-order chi connectivity index (χ0) is 30.9. The number of urea groups is 1. The molecule has 0 fully saturated rings. The minimum absolute atomic E-state index is 0.00143. The smallest absolute Gasteiger partial charge is 0.348 e. The van der Waals surface area contributed by atoms with E-state index in [2.05, 4.69) is 14.5 Å². The summed E-state index contributed by atoms with van der Waals surface area (Å²) in [6.45, 7) is 0.675. The number of rotatable bonds is 9. The van der Waals surface area contributed by atoms with Crippen LogP contribution >= 0.6 is 19.4 Å². The van der Waals surface area contributed by atoms with Gasteiger partial charge in [-0.05, 0) is 36.8 Å². The predicted octanol–water partition coefficient (Wildman–Crippen LogP) is 6.02. The molecule has 2 N–H and O–H groups in total. The van der Waals surface area contributed by atoms with Crippen molar-refractivity contribution in [2.24, 2.45) is 0 Å². The van der Waals surface area contributed by atoms with E-state index in [9.17, 15) is 36.6 Å². The number of halogens is 5. The second kappa shape index (κ2) is 12.3. The lowest BCUT2D eigenvalue weighted by atomic mass is 9.98. The fraction of sp³-hybridized carbons (Fsp3) is 0.231. The number of carbonyl (C=O) groups excluding carboxylic acids is 2. The van der Waals surface area contributed by atoms with Crippen LogP contribution < -0.4 is 15.1 Å². The summed E-state index contributed by atoms with van der Waals surface area (Å²) in [6, 6.07) is 6.26. The maximum atomic E-state index is 15.0. The molecule has 10 nitrogen and oxygen atoms in total. The van der Waals surface area contributed by atoms with Gasteiger partial charge < -0.3 is 20.0 Å². The lowest BCUT2D eigenvalue weighted by Crippen LogP contribution is -2.46. The molecule has 1 aliphatic rings. The topological polar surface area (TPSA) is 118 Å². The molecule has 42 heavy (non-hydrogen) atoms. The summed E-state index contributed by atoms with van der Waals surface area (Å²) in [5.41, 5.74) is 0.00501. The normalized spacial score (nSPS) is 16.2. The number of nitrogens with zero attached hydrogens (tertiary/aromatic N) is 2. The molecule has 3 aromatic rings. The number of nitrogens with one attached hydrogen (secondary N) is 1. The van der Waals surface area contributed by atoms with Gasteiger partial charge >= 0.3 is 13.9 Å². The lowest BCUT2D eigenvalue weighted by molar-refractivity contribution is -0.125. The first-order valence-corrected chi connectivity index (χ1v) is 13.9. The highest BCUT2D eigenvalue weighted by atomic mass is 35.5. The van der Waals surface area contributed by atoms with Crippen molar-refractivity contribution in [1.29, 1.82) is 0 Å². The van der Waals surface area contributed by atoms with Crippen molar-refractivity contribution in [2.45, 2.75) is 26.1 Å². The Hall–Kier alpha value is -3.68. The van der Waals surface area contributed by atoms with Crippen LogP contribution in [-0.4, -0.2) is 35.9 Å². The molecule has 16 heteroatoms. The van der Waals surface area contributed by atoms with Crippen molar-refractivity contribution < 1.29 is 50.7 Å². The quantitative estimate of drug-likeness (QED) is 0.128. The van der Waals surface area contributed by atoms with E-state index in [1.807, 2.05) is 0 Å². The second-order valence-electron chi connectivity index (χ2n) is 9.11. The standard InChI is InChI=1S/C26H23ClF4N3O7P/c1-13-16-5-4-14(25(35)32-11-17-20(30)9-15(28)10-21(17)31)8-22(16)34(26(36)33(13)2)12-18-19(29)6-7-23(24(18)27)40-41-42(37,38)39-3/h4-10,13H,11-12H2,1-3H3,(H,32,35)(H,37,38). The van der Waals surface area contributed by atoms with Gasteiger partial charge in [-0.3, -0.25) is 14.2 Å². The van der Waals surface area contributed by atoms with Crippen LogP contribution in [0.2, 0.25) is 5.02 Å². The number of hydrogen-bond donors (Lipinski definition) is 2. The van der Waals surface area contributed by atoms with E-state index in [0.29, 0.717) is 17.7 Å². The first-order valence-electron chi connectivity index (χ1n) is 12.1. The molecule has 3 amide bonds. The van der Waals surface area contributed by atoms with Crippen LogP contribution in [0.3, 0.4) is 0 Å². The van der Waals surface area contributed by atoms with Gasteiger partial charge in [0.15, 0.2) is 5.75 Å². The van der Waals surface area contributed by atoms with Gasteiger partial charge in [0.25, 0.3) is 5.91 Å². The van der Waals surface area contributed by atoms with Crippen LogP contribution in [-0.2, 0) is 26.9 Å². The van der Waals surface area contributed by atoms with Crippen LogP contribution in [0.15, 0.2) is 42.5 Å². The molecule has 0 aliphatic carbocycles. The molecule has 0 spiro atoms. The number of fused-ring (bicyclic) bond motifs is 1. The number of phosphoric ester groups is 1. The maximum Gasteiger partial charge on any atom is 0.508 e. The Balaban J connectivity index is 1.65. The molecule has 0 radical (unpaired) electrons. The summed E-state index contributed by atoms with van der Waals surface area (Å²) < 4.78 is 76.4. The van der Waals surface area contributed by atoms with Crippen molar-refractivity contribution in [1.82, 2.24) is 10.2 Å². The van der Waals surface area contributed by atoms with Crippen molar-refractivity contribution in [2.75, 3.05) is 19.1 Å². The summed E-state index contributed by atoms with van der Waals surface area (Å²) in [4.78, 5) is 42.9. The van der Waals surface area contributed by atoms with Crippen LogP contribution in [0.1, 0.15) is 40.0 Å². The first-order chi connectivity index (χ1) is 19.7. The van der Waals surface area contributed by atoms with Gasteiger partial charge in [-0.15, -0.1) is 0 Å². The predicted molar refractivity (Wildman–Crippen MR) is 142 cm³/mol. The van der Waals surface area contributed by atoms with E-state index in [1.54, 1.807) is 13.0 Å². The number of phosphoric acid groups is 1. The monoisotopic (exact) mass is 631 g/mol. The van der Waals surface area contributed by atoms with Crippen molar-refractivity contribution in [3.63, 3.8) is 0 Å². The lowest BCUT2D eigenvalue weighted by Gasteiger charge is -2.40. The second-order valence-corrected chi connectivity index (χ2v) is 10.9. The average Bonchev–Trinajstić information content (AvgIpc) is 2.94. The number of benzene rings is 3. The van der Waals surface area contributed by atoms with Crippen molar-refractivity contribution >= 4 is 37.0 Å². The third-order valence-corrected chi connectivity index (χ3v) is 7.74. The molecule has 0 saturated heterocycles. The summed E-state index contributed by atoms with van der Waals surface area (Å²) in [7, 11) is -2.17. The summed E-state index contributed by atoms with van der Waals surface area (Å²) in [5, 5.41) is 1.98. The molecule has 4 rings (SSSR count). The highest BCUT2D eigenvalue weighted by Crippen LogP contribution is 2.44. The van der Waals surface area contributed by atoms with E-state index >= 15 is 0 Å². The van der Waals surface area contributed by atoms with Gasteiger partial charge in [0.1, 0.15) is 23.3 Å². The third-order valence-electron chi connectivity index (χ3n) is 6.60. The Morgan fingerprint density at radius 2 is 1.74 bits per heavy atom. The molecule has 1 aliphatic heterocycles. The van der Waals surface area contributed by atoms with Gasteiger partial charge in [-0.1, -0.05) is 22.3 Å². The van der Waals surface area contributed by atoms with Crippen LogP contribution in [0.25, 0.3) is 0 Å². The zero-order valence-corrected chi connectivity index (χ0v) is 23.8.